The molecule has 2 rings (SSSR count). The van der Waals surface area contributed by atoms with Crippen LogP contribution in [0.5, 0.6) is 0 Å². The number of rotatable bonds is 4. The standard InChI is InChI=1S/C14H25NO2/c1-10(11-5-2-3-6-11)15-13-8-4-7-12(9-13)14(16)17/h10-13,15H,2-9H2,1H3,(H,16,17). The van der Waals surface area contributed by atoms with Crippen molar-refractivity contribution in [2.45, 2.75) is 70.4 Å². The fraction of sp³-hybridized carbons (Fsp3) is 0.929. The molecule has 0 heterocycles. The number of aliphatic carboxylic acids is 1. The van der Waals surface area contributed by atoms with Crippen LogP contribution in [0.2, 0.25) is 0 Å². The van der Waals surface area contributed by atoms with Gasteiger partial charge in [-0.2, -0.15) is 0 Å². The Morgan fingerprint density at radius 2 is 1.88 bits per heavy atom. The van der Waals surface area contributed by atoms with E-state index in [1.807, 2.05) is 0 Å². The lowest BCUT2D eigenvalue weighted by Gasteiger charge is -2.32. The Morgan fingerprint density at radius 1 is 1.18 bits per heavy atom. The first kappa shape index (κ1) is 12.9. The molecule has 0 aromatic carbocycles. The smallest absolute Gasteiger partial charge is 0.306 e. The van der Waals surface area contributed by atoms with E-state index in [2.05, 4.69) is 12.2 Å². The first-order valence-corrected chi connectivity index (χ1v) is 7.15. The van der Waals surface area contributed by atoms with Gasteiger partial charge in [0.25, 0.3) is 0 Å². The minimum Gasteiger partial charge on any atom is -0.481 e. The molecule has 2 aliphatic rings. The van der Waals surface area contributed by atoms with Crippen molar-refractivity contribution in [2.24, 2.45) is 11.8 Å². The Hall–Kier alpha value is -0.570. The van der Waals surface area contributed by atoms with Crippen molar-refractivity contribution in [3.05, 3.63) is 0 Å². The molecule has 2 N–H and O–H groups in total. The van der Waals surface area contributed by atoms with Crippen LogP contribution in [0.3, 0.4) is 0 Å². The number of hydrogen-bond donors (Lipinski definition) is 2. The third-order valence-electron chi connectivity index (χ3n) is 4.63. The summed E-state index contributed by atoms with van der Waals surface area (Å²) in [6.07, 6.45) is 9.36. The molecule has 2 saturated carbocycles. The Morgan fingerprint density at radius 3 is 2.53 bits per heavy atom. The van der Waals surface area contributed by atoms with Crippen molar-refractivity contribution in [3.8, 4) is 0 Å². The zero-order valence-corrected chi connectivity index (χ0v) is 10.8. The molecule has 0 spiro atoms. The van der Waals surface area contributed by atoms with Crippen LogP contribution in [-0.2, 0) is 4.79 Å². The van der Waals surface area contributed by atoms with Gasteiger partial charge in [0.15, 0.2) is 0 Å². The van der Waals surface area contributed by atoms with Crippen molar-refractivity contribution in [1.29, 1.82) is 0 Å². The Kier molecular flexibility index (Phi) is 4.43. The van der Waals surface area contributed by atoms with Crippen LogP contribution in [0, 0.1) is 11.8 Å². The van der Waals surface area contributed by atoms with Crippen LogP contribution < -0.4 is 5.32 Å². The molecule has 0 bridgehead atoms. The second-order valence-corrected chi connectivity index (χ2v) is 5.90. The summed E-state index contributed by atoms with van der Waals surface area (Å²) in [6, 6.07) is 0.996. The van der Waals surface area contributed by atoms with Crippen molar-refractivity contribution < 1.29 is 9.90 Å². The van der Waals surface area contributed by atoms with E-state index in [-0.39, 0.29) is 5.92 Å². The second-order valence-electron chi connectivity index (χ2n) is 5.90. The van der Waals surface area contributed by atoms with Crippen molar-refractivity contribution >= 4 is 5.97 Å². The van der Waals surface area contributed by atoms with E-state index >= 15 is 0 Å². The summed E-state index contributed by atoms with van der Waals surface area (Å²) in [5, 5.41) is 12.8. The maximum atomic E-state index is 11.0. The Bertz CT molecular complexity index is 261. The lowest BCUT2D eigenvalue weighted by Crippen LogP contribution is -2.43. The number of nitrogens with one attached hydrogen (secondary N) is 1. The van der Waals surface area contributed by atoms with E-state index < -0.39 is 5.97 Å². The van der Waals surface area contributed by atoms with E-state index in [1.54, 1.807) is 0 Å². The van der Waals surface area contributed by atoms with Crippen LogP contribution in [0.15, 0.2) is 0 Å². The molecule has 2 aliphatic carbocycles. The summed E-state index contributed by atoms with van der Waals surface area (Å²) in [4.78, 5) is 11.0. The van der Waals surface area contributed by atoms with Gasteiger partial charge < -0.3 is 10.4 Å². The first-order chi connectivity index (χ1) is 8.16. The number of carbonyl (C=O) groups is 1. The molecule has 0 saturated heterocycles. The molecule has 3 unspecified atom stereocenters. The second kappa shape index (κ2) is 5.85. The minimum atomic E-state index is -0.606. The highest BCUT2D eigenvalue weighted by Crippen LogP contribution is 2.30. The highest BCUT2D eigenvalue weighted by molar-refractivity contribution is 5.70. The molecule has 17 heavy (non-hydrogen) atoms. The fourth-order valence-corrected chi connectivity index (χ4v) is 3.53. The molecular weight excluding hydrogens is 214 g/mol. The maximum Gasteiger partial charge on any atom is 0.306 e. The lowest BCUT2D eigenvalue weighted by molar-refractivity contribution is -0.143. The predicted octanol–water partition coefficient (Wildman–Crippen LogP) is 2.80. The predicted molar refractivity (Wildman–Crippen MR) is 67.9 cm³/mol. The topological polar surface area (TPSA) is 49.3 Å². The van der Waals surface area contributed by atoms with Crippen LogP contribution in [-0.4, -0.2) is 23.2 Å². The molecule has 3 nitrogen and oxygen atoms in total. The largest absolute Gasteiger partial charge is 0.481 e. The summed E-state index contributed by atoms with van der Waals surface area (Å²) in [5.74, 6) is 0.0993. The van der Waals surface area contributed by atoms with E-state index in [9.17, 15) is 4.79 Å². The summed E-state index contributed by atoms with van der Waals surface area (Å²) < 4.78 is 0. The SMILES string of the molecule is CC(NC1CCCC(C(=O)O)C1)C1CCCC1. The van der Waals surface area contributed by atoms with Crippen LogP contribution >= 0.6 is 0 Å². The zero-order chi connectivity index (χ0) is 12.3. The molecular formula is C14H25NO2. The van der Waals surface area contributed by atoms with Gasteiger partial charge >= 0.3 is 5.97 Å². The van der Waals surface area contributed by atoms with E-state index in [4.69, 9.17) is 5.11 Å². The Balaban J connectivity index is 1.79. The maximum absolute atomic E-state index is 11.0. The quantitative estimate of drug-likeness (QED) is 0.793. The van der Waals surface area contributed by atoms with Gasteiger partial charge in [-0.25, -0.2) is 0 Å². The summed E-state index contributed by atoms with van der Waals surface area (Å²) >= 11 is 0. The monoisotopic (exact) mass is 239 g/mol. The number of carboxylic acid groups (broad SMARTS) is 1. The molecule has 0 aromatic rings. The molecule has 2 fully saturated rings. The van der Waals surface area contributed by atoms with Gasteiger partial charge in [0.1, 0.15) is 0 Å². The Labute approximate surface area is 104 Å². The molecule has 0 aromatic heterocycles. The van der Waals surface area contributed by atoms with Crippen LogP contribution in [0.4, 0.5) is 0 Å². The van der Waals surface area contributed by atoms with Gasteiger partial charge in [-0.15, -0.1) is 0 Å². The van der Waals surface area contributed by atoms with E-state index in [0.717, 1.165) is 31.6 Å². The average Bonchev–Trinajstić information content (AvgIpc) is 2.82. The molecule has 3 heteroatoms. The van der Waals surface area contributed by atoms with E-state index in [1.165, 1.54) is 25.7 Å². The summed E-state index contributed by atoms with van der Waals surface area (Å²) in [7, 11) is 0. The van der Waals surface area contributed by atoms with Crippen molar-refractivity contribution in [1.82, 2.24) is 5.32 Å². The molecule has 3 atom stereocenters. The molecule has 0 aliphatic heterocycles. The summed E-state index contributed by atoms with van der Waals surface area (Å²) in [6.45, 7) is 2.28. The molecule has 98 valence electrons. The summed E-state index contributed by atoms with van der Waals surface area (Å²) in [5.41, 5.74) is 0. The number of carboxylic acids is 1. The first-order valence-electron chi connectivity index (χ1n) is 7.15. The third-order valence-corrected chi connectivity index (χ3v) is 4.63. The fourth-order valence-electron chi connectivity index (χ4n) is 3.53. The third kappa shape index (κ3) is 3.44. The van der Waals surface area contributed by atoms with Crippen LogP contribution in [0.25, 0.3) is 0 Å². The van der Waals surface area contributed by atoms with Gasteiger partial charge in [-0.1, -0.05) is 19.3 Å². The zero-order valence-electron chi connectivity index (χ0n) is 10.8. The van der Waals surface area contributed by atoms with Gasteiger partial charge in [-0.3, -0.25) is 4.79 Å². The average molecular weight is 239 g/mol. The molecule has 0 radical (unpaired) electrons. The van der Waals surface area contributed by atoms with E-state index in [0.29, 0.717) is 12.1 Å². The highest BCUT2D eigenvalue weighted by atomic mass is 16.4. The van der Waals surface area contributed by atoms with Gasteiger partial charge in [0, 0.05) is 12.1 Å². The minimum absolute atomic E-state index is 0.114. The van der Waals surface area contributed by atoms with Crippen molar-refractivity contribution in [2.75, 3.05) is 0 Å². The lowest BCUT2D eigenvalue weighted by atomic mass is 9.85. The van der Waals surface area contributed by atoms with Gasteiger partial charge in [-0.05, 0) is 44.9 Å². The van der Waals surface area contributed by atoms with Crippen molar-refractivity contribution in [3.63, 3.8) is 0 Å². The van der Waals surface area contributed by atoms with Crippen LogP contribution in [0.1, 0.15) is 58.3 Å². The van der Waals surface area contributed by atoms with Gasteiger partial charge in [0.2, 0.25) is 0 Å². The highest BCUT2D eigenvalue weighted by Gasteiger charge is 2.29. The molecule has 0 amide bonds. The van der Waals surface area contributed by atoms with Gasteiger partial charge in [0.05, 0.1) is 5.92 Å². The normalized spacial score (nSPS) is 32.5. The number of hydrogen-bond acceptors (Lipinski definition) is 2.